The molecule has 0 rings (SSSR count). The highest BCUT2D eigenvalue weighted by Gasteiger charge is 2.23. The van der Waals surface area contributed by atoms with Crippen LogP contribution in [0.4, 0.5) is 0 Å². The third-order valence-electron chi connectivity index (χ3n) is 9.67. The largest absolute Gasteiger partial charge is 0.461 e. The maximum absolute atomic E-state index is 13.1. The number of rotatable bonds is 39. The zero-order valence-electron chi connectivity index (χ0n) is 37.6. The van der Waals surface area contributed by atoms with Crippen LogP contribution in [-0.2, 0) is 14.3 Å². The molecular formula is C53H85NO5. The fourth-order valence-electron chi connectivity index (χ4n) is 6.19. The topological polar surface area (TPSA) is 95.9 Å². The minimum absolute atomic E-state index is 0.0492. The van der Waals surface area contributed by atoms with Crippen molar-refractivity contribution in [2.75, 3.05) is 6.61 Å². The Balaban J connectivity index is 4.82. The number of allylic oxidation sites excluding steroid dienone is 19. The molecule has 0 aliphatic carbocycles. The van der Waals surface area contributed by atoms with E-state index in [1.165, 1.54) is 57.8 Å². The van der Waals surface area contributed by atoms with Gasteiger partial charge in [-0.25, -0.2) is 0 Å². The lowest BCUT2D eigenvalue weighted by Crippen LogP contribution is -2.46. The predicted molar refractivity (Wildman–Crippen MR) is 254 cm³/mol. The van der Waals surface area contributed by atoms with E-state index < -0.39 is 18.2 Å². The zero-order valence-corrected chi connectivity index (χ0v) is 37.6. The third kappa shape index (κ3) is 40.8. The molecule has 59 heavy (non-hydrogen) atoms. The van der Waals surface area contributed by atoms with Gasteiger partial charge in [-0.1, -0.05) is 219 Å². The van der Waals surface area contributed by atoms with Crippen molar-refractivity contribution >= 4 is 11.9 Å². The highest BCUT2D eigenvalue weighted by Crippen LogP contribution is 2.15. The summed E-state index contributed by atoms with van der Waals surface area (Å²) < 4.78 is 5.79. The molecular weight excluding hydrogens is 731 g/mol. The maximum Gasteiger partial charge on any atom is 0.306 e. The Bertz CT molecular complexity index is 1280. The second-order valence-corrected chi connectivity index (χ2v) is 15.2. The fraction of sp³-hybridized carbons (Fsp3) is 0.585. The van der Waals surface area contributed by atoms with E-state index >= 15 is 0 Å². The van der Waals surface area contributed by atoms with Crippen LogP contribution in [0.25, 0.3) is 0 Å². The lowest BCUT2D eigenvalue weighted by molar-refractivity contribution is -0.150. The van der Waals surface area contributed by atoms with E-state index in [2.05, 4.69) is 92.9 Å². The normalized spacial score (nSPS) is 14.5. The third-order valence-corrected chi connectivity index (χ3v) is 9.67. The summed E-state index contributed by atoms with van der Waals surface area (Å²) in [7, 11) is 0. The van der Waals surface area contributed by atoms with Crippen molar-refractivity contribution in [1.82, 2.24) is 5.32 Å². The lowest BCUT2D eigenvalue weighted by atomic mass is 10.0. The van der Waals surface area contributed by atoms with Gasteiger partial charge in [0.05, 0.1) is 25.2 Å². The lowest BCUT2D eigenvalue weighted by Gasteiger charge is -2.24. The van der Waals surface area contributed by atoms with Gasteiger partial charge in [0, 0.05) is 12.8 Å². The molecule has 0 aliphatic rings. The van der Waals surface area contributed by atoms with Crippen molar-refractivity contribution in [3.05, 3.63) is 122 Å². The van der Waals surface area contributed by atoms with E-state index in [0.29, 0.717) is 19.3 Å². The Morgan fingerprint density at radius 2 is 1.00 bits per heavy atom. The number of nitrogens with one attached hydrogen (secondary N) is 1. The molecule has 0 saturated carbocycles. The van der Waals surface area contributed by atoms with Gasteiger partial charge in [-0.2, -0.15) is 0 Å². The number of aliphatic hydroxyl groups is 2. The molecule has 0 fully saturated rings. The summed E-state index contributed by atoms with van der Waals surface area (Å²) in [6, 6.07) is -0.758. The fourth-order valence-corrected chi connectivity index (χ4v) is 6.19. The van der Waals surface area contributed by atoms with Crippen molar-refractivity contribution < 1.29 is 24.5 Å². The van der Waals surface area contributed by atoms with E-state index in [4.69, 9.17) is 4.74 Å². The number of hydrogen-bond acceptors (Lipinski definition) is 5. The molecule has 0 heterocycles. The van der Waals surface area contributed by atoms with Crippen LogP contribution in [0.2, 0.25) is 0 Å². The minimum Gasteiger partial charge on any atom is -0.461 e. The molecule has 6 nitrogen and oxygen atoms in total. The molecule has 332 valence electrons. The van der Waals surface area contributed by atoms with Crippen LogP contribution >= 0.6 is 0 Å². The van der Waals surface area contributed by atoms with E-state index in [1.54, 1.807) is 0 Å². The summed E-state index contributed by atoms with van der Waals surface area (Å²) in [4.78, 5) is 25.9. The van der Waals surface area contributed by atoms with E-state index in [1.807, 2.05) is 54.7 Å². The monoisotopic (exact) mass is 816 g/mol. The summed E-state index contributed by atoms with van der Waals surface area (Å²) in [5, 5.41) is 23.6. The molecule has 3 N–H and O–H groups in total. The molecule has 0 bridgehead atoms. The van der Waals surface area contributed by atoms with Crippen LogP contribution in [0.3, 0.4) is 0 Å². The Morgan fingerprint density at radius 1 is 0.542 bits per heavy atom. The molecule has 0 aromatic carbocycles. The van der Waals surface area contributed by atoms with Crippen LogP contribution in [0.15, 0.2) is 122 Å². The summed E-state index contributed by atoms with van der Waals surface area (Å²) in [5.74, 6) is -0.693. The summed E-state index contributed by atoms with van der Waals surface area (Å²) >= 11 is 0. The molecule has 0 aromatic heterocycles. The molecule has 0 aromatic rings. The minimum atomic E-state index is -0.834. The maximum atomic E-state index is 13.1. The smallest absolute Gasteiger partial charge is 0.306 e. The number of carbonyl (C=O) groups excluding carboxylic acids is 2. The Kier molecular flexibility index (Phi) is 42.5. The second-order valence-electron chi connectivity index (χ2n) is 15.2. The van der Waals surface area contributed by atoms with Gasteiger partial charge in [-0.15, -0.1) is 0 Å². The number of amides is 1. The van der Waals surface area contributed by atoms with Crippen LogP contribution < -0.4 is 5.32 Å². The molecule has 3 atom stereocenters. The highest BCUT2D eigenvalue weighted by atomic mass is 16.5. The average Bonchev–Trinajstić information content (AvgIpc) is 3.23. The Morgan fingerprint density at radius 3 is 1.51 bits per heavy atom. The van der Waals surface area contributed by atoms with Crippen LogP contribution in [0, 0.1) is 0 Å². The van der Waals surface area contributed by atoms with Gasteiger partial charge >= 0.3 is 5.97 Å². The summed E-state index contributed by atoms with van der Waals surface area (Å²) in [6.45, 7) is 6.14. The summed E-state index contributed by atoms with van der Waals surface area (Å²) in [6.07, 6.45) is 62.8. The molecule has 0 saturated heterocycles. The molecule has 0 radical (unpaired) electrons. The van der Waals surface area contributed by atoms with Crippen molar-refractivity contribution in [2.24, 2.45) is 0 Å². The summed E-state index contributed by atoms with van der Waals surface area (Å²) in [5.41, 5.74) is 0. The van der Waals surface area contributed by atoms with Crippen molar-refractivity contribution in [2.45, 2.75) is 193 Å². The first kappa shape index (κ1) is 55.3. The molecule has 0 spiro atoms. The number of carbonyl (C=O) groups is 2. The van der Waals surface area contributed by atoms with E-state index in [-0.39, 0.29) is 31.3 Å². The van der Waals surface area contributed by atoms with Crippen molar-refractivity contribution in [1.29, 1.82) is 0 Å². The van der Waals surface area contributed by atoms with Gasteiger partial charge in [0.25, 0.3) is 0 Å². The van der Waals surface area contributed by atoms with Crippen LogP contribution in [-0.4, -0.2) is 46.9 Å². The van der Waals surface area contributed by atoms with Gasteiger partial charge in [-0.05, 0) is 57.8 Å². The first-order valence-electron chi connectivity index (χ1n) is 23.3. The predicted octanol–water partition coefficient (Wildman–Crippen LogP) is 13.7. The SMILES string of the molecule is CC/C=C\C/C=C\C/C=C\C/C=C\C/C=C\CCCC(=O)OC(C/C=C/C=C\C=C/C=C/C=C/CC)CC(=O)NC(CO)C(O)CCCCCCCCCCCCCC. The quantitative estimate of drug-likeness (QED) is 0.0249. The Labute approximate surface area is 361 Å². The molecule has 3 unspecified atom stereocenters. The first-order chi connectivity index (χ1) is 29.0. The Hall–Kier alpha value is -3.74. The standard InChI is InChI=1S/C53H85NO5/c1-4-7-10-13-16-19-22-24-25-26-27-28-31-34-37-40-43-46-53(58)59-49(44-41-38-35-32-29-21-18-15-12-9-6-3)47-52(57)54-50(48-55)51(56)45-42-39-36-33-30-23-20-17-14-11-8-5-2/h7,9-10,12,15-16,18-19,21,24-25,27-29,32,34-35,37-38,41,49-51,55-56H,4-6,8,11,13-14,17,20,22-23,26,30-31,33,36,39-40,42-48H2,1-3H3,(H,54,57)/b10-7-,12-9+,18-15+,19-16-,25-24-,28-27-,29-21-,35-32-,37-34-,41-38+. The van der Waals surface area contributed by atoms with Gasteiger partial charge < -0.3 is 20.3 Å². The van der Waals surface area contributed by atoms with Crippen molar-refractivity contribution in [3.8, 4) is 0 Å². The van der Waals surface area contributed by atoms with Gasteiger partial charge in [0.15, 0.2) is 0 Å². The van der Waals surface area contributed by atoms with Gasteiger partial charge in [0.1, 0.15) is 6.10 Å². The average molecular weight is 816 g/mol. The number of esters is 1. The van der Waals surface area contributed by atoms with E-state index in [9.17, 15) is 19.8 Å². The van der Waals surface area contributed by atoms with E-state index in [0.717, 1.165) is 64.2 Å². The number of hydrogen-bond donors (Lipinski definition) is 3. The molecule has 0 aliphatic heterocycles. The first-order valence-corrected chi connectivity index (χ1v) is 23.3. The number of ether oxygens (including phenoxy) is 1. The van der Waals surface area contributed by atoms with Gasteiger partial charge in [-0.3, -0.25) is 9.59 Å². The van der Waals surface area contributed by atoms with Gasteiger partial charge in [0.2, 0.25) is 5.91 Å². The highest BCUT2D eigenvalue weighted by molar-refractivity contribution is 5.77. The molecule has 1 amide bonds. The van der Waals surface area contributed by atoms with Crippen LogP contribution in [0.1, 0.15) is 175 Å². The van der Waals surface area contributed by atoms with Crippen LogP contribution in [0.5, 0.6) is 0 Å². The van der Waals surface area contributed by atoms with Crippen molar-refractivity contribution in [3.63, 3.8) is 0 Å². The molecule has 6 heteroatoms. The number of unbranched alkanes of at least 4 members (excludes halogenated alkanes) is 12. The number of aliphatic hydroxyl groups excluding tert-OH is 2. The zero-order chi connectivity index (χ0) is 43.1. The second kappa shape index (κ2) is 45.3.